The number of amides is 1. The van der Waals surface area contributed by atoms with Crippen molar-refractivity contribution in [2.75, 3.05) is 0 Å². The molecule has 2 rings (SSSR count). The van der Waals surface area contributed by atoms with Crippen molar-refractivity contribution in [1.29, 1.82) is 0 Å². The third-order valence-electron chi connectivity index (χ3n) is 3.41. The number of hydrogen-bond acceptors (Lipinski definition) is 4. The predicted octanol–water partition coefficient (Wildman–Crippen LogP) is -0.897. The van der Waals surface area contributed by atoms with Crippen LogP contribution in [0, 0.1) is 6.57 Å². The number of carboxylic acid groups (broad SMARTS) is 1. The second-order valence-corrected chi connectivity index (χ2v) is 7.22. The highest BCUT2D eigenvalue weighted by Gasteiger charge is 2.75. The van der Waals surface area contributed by atoms with E-state index in [9.17, 15) is 18.0 Å². The van der Waals surface area contributed by atoms with Crippen LogP contribution in [0.2, 0.25) is 0 Å². The molecular formula is C9H10N2O5S. The summed E-state index contributed by atoms with van der Waals surface area (Å²) in [5, 5.41) is 7.74. The number of hydrogen-bond donors (Lipinski definition) is 1. The van der Waals surface area contributed by atoms with Gasteiger partial charge in [0.2, 0.25) is 5.37 Å². The molecule has 0 aromatic carbocycles. The van der Waals surface area contributed by atoms with Crippen molar-refractivity contribution >= 4 is 21.7 Å². The van der Waals surface area contributed by atoms with Crippen molar-refractivity contribution in [3.05, 3.63) is 11.4 Å². The van der Waals surface area contributed by atoms with Crippen LogP contribution in [0.4, 0.5) is 0 Å². The van der Waals surface area contributed by atoms with Crippen molar-refractivity contribution in [2.24, 2.45) is 0 Å². The molecule has 2 heterocycles. The van der Waals surface area contributed by atoms with Crippen molar-refractivity contribution in [3.8, 4) is 0 Å². The van der Waals surface area contributed by atoms with Gasteiger partial charge in [0, 0.05) is 0 Å². The molecule has 0 aliphatic carbocycles. The summed E-state index contributed by atoms with van der Waals surface area (Å²) in [5.74, 6) is -2.08. The van der Waals surface area contributed by atoms with Gasteiger partial charge in [0.1, 0.15) is 4.75 Å². The van der Waals surface area contributed by atoms with Crippen LogP contribution in [0.5, 0.6) is 0 Å². The first-order valence-corrected chi connectivity index (χ1v) is 6.37. The highest BCUT2D eigenvalue weighted by molar-refractivity contribution is 7.94. The monoisotopic (exact) mass is 258 g/mol. The van der Waals surface area contributed by atoms with Crippen LogP contribution >= 0.6 is 0 Å². The third kappa shape index (κ3) is 1.07. The van der Waals surface area contributed by atoms with Gasteiger partial charge in [0.05, 0.1) is 0 Å². The first-order valence-electron chi connectivity index (χ1n) is 4.83. The minimum atomic E-state index is -3.84. The largest absolute Gasteiger partial charge is 0.480 e. The molecule has 0 saturated carbocycles. The number of rotatable bonds is 1. The summed E-state index contributed by atoms with van der Waals surface area (Å²) < 4.78 is 22.6. The summed E-state index contributed by atoms with van der Waals surface area (Å²) in [7, 11) is -3.84. The maximum Gasteiger partial charge on any atom is 0.334 e. The zero-order valence-electron chi connectivity index (χ0n) is 9.11. The van der Waals surface area contributed by atoms with Gasteiger partial charge in [-0.3, -0.25) is 14.5 Å². The number of nitrogens with zero attached hydrogens (tertiary/aromatic N) is 2. The fraction of sp³-hybridized carbons (Fsp3) is 0.667. The zero-order chi connectivity index (χ0) is 13.2. The Hall–Kier alpha value is -1.62. The molecule has 7 nitrogen and oxygen atoms in total. The molecule has 0 bridgehead atoms. The summed E-state index contributed by atoms with van der Waals surface area (Å²) >= 11 is 0. The number of carbonyl (C=O) groups is 2. The Balaban J connectivity index is 2.61. The smallest absolute Gasteiger partial charge is 0.334 e. The van der Waals surface area contributed by atoms with Gasteiger partial charge in [0.15, 0.2) is 15.9 Å². The van der Waals surface area contributed by atoms with Crippen LogP contribution in [0.1, 0.15) is 13.8 Å². The number of aliphatic carboxylic acids is 1. The normalized spacial score (nSPS) is 36.9. The van der Waals surface area contributed by atoms with E-state index in [-0.39, 0.29) is 0 Å². The average molecular weight is 258 g/mol. The van der Waals surface area contributed by atoms with E-state index >= 15 is 0 Å². The number of carbonyl (C=O) groups excluding carboxylic acids is 1. The molecule has 92 valence electrons. The predicted molar refractivity (Wildman–Crippen MR) is 55.4 cm³/mol. The lowest BCUT2D eigenvalue weighted by Crippen LogP contribution is -2.65. The second kappa shape index (κ2) is 2.98. The van der Waals surface area contributed by atoms with Gasteiger partial charge in [-0.05, 0) is 13.8 Å². The van der Waals surface area contributed by atoms with Crippen molar-refractivity contribution in [2.45, 2.75) is 36.1 Å². The molecule has 8 heteroatoms. The highest BCUT2D eigenvalue weighted by atomic mass is 32.2. The van der Waals surface area contributed by atoms with E-state index in [1.807, 2.05) is 0 Å². The van der Waals surface area contributed by atoms with Gasteiger partial charge < -0.3 is 5.11 Å². The molecule has 2 saturated heterocycles. The van der Waals surface area contributed by atoms with Crippen molar-refractivity contribution in [3.63, 3.8) is 0 Å². The van der Waals surface area contributed by atoms with Gasteiger partial charge in [-0.2, -0.15) is 0 Å². The Bertz CT molecular complexity index is 558. The fourth-order valence-electron chi connectivity index (χ4n) is 2.40. The topological polar surface area (TPSA) is 96.1 Å². The molecular weight excluding hydrogens is 248 g/mol. The van der Waals surface area contributed by atoms with Crippen LogP contribution < -0.4 is 0 Å². The summed E-state index contributed by atoms with van der Waals surface area (Å²) in [6.07, 6.45) is 0. The maximum atomic E-state index is 12.1. The van der Waals surface area contributed by atoms with Crippen LogP contribution in [-0.2, 0) is 19.4 Å². The third-order valence-corrected chi connectivity index (χ3v) is 6.22. The fourth-order valence-corrected chi connectivity index (χ4v) is 4.59. The lowest BCUT2D eigenvalue weighted by molar-refractivity contribution is -0.157. The van der Waals surface area contributed by atoms with Gasteiger partial charge in [0.25, 0.3) is 0 Å². The first kappa shape index (κ1) is 11.9. The molecule has 17 heavy (non-hydrogen) atoms. The van der Waals surface area contributed by atoms with E-state index in [1.54, 1.807) is 0 Å². The van der Waals surface area contributed by atoms with E-state index in [0.717, 1.165) is 4.90 Å². The molecule has 2 fully saturated rings. The SMILES string of the molecule is [C-]#[N+][C@@H]1C(=O)N2[C@@H](C(=O)O)C(C)(C)S(=O)(=O)[C@H]12. The van der Waals surface area contributed by atoms with Crippen LogP contribution in [0.3, 0.4) is 0 Å². The quantitative estimate of drug-likeness (QED) is 0.486. The van der Waals surface area contributed by atoms with Crippen LogP contribution in [0.25, 0.3) is 4.85 Å². The Morgan fingerprint density at radius 1 is 1.53 bits per heavy atom. The molecule has 0 aromatic heterocycles. The number of carboxylic acids is 1. The molecule has 0 unspecified atom stereocenters. The average Bonchev–Trinajstić information content (AvgIpc) is 2.32. The van der Waals surface area contributed by atoms with Gasteiger partial charge >= 0.3 is 17.9 Å². The number of β-lactam (4-membered cyclic amide) rings is 1. The van der Waals surface area contributed by atoms with E-state index < -0.39 is 43.9 Å². The molecule has 1 amide bonds. The molecule has 3 atom stereocenters. The summed E-state index contributed by atoms with van der Waals surface area (Å²) in [6.45, 7) is 9.33. The van der Waals surface area contributed by atoms with Gasteiger partial charge in [-0.1, -0.05) is 0 Å². The minimum Gasteiger partial charge on any atom is -0.480 e. The number of sulfone groups is 1. The van der Waals surface area contributed by atoms with Crippen LogP contribution in [0.15, 0.2) is 0 Å². The molecule has 1 N–H and O–H groups in total. The lowest BCUT2D eigenvalue weighted by atomic mass is 9.96. The Morgan fingerprint density at radius 2 is 2.06 bits per heavy atom. The molecule has 0 radical (unpaired) electrons. The Labute approximate surface area is 97.8 Å². The Kier molecular flexibility index (Phi) is 2.08. The van der Waals surface area contributed by atoms with E-state index in [1.165, 1.54) is 13.8 Å². The molecule has 0 aromatic rings. The van der Waals surface area contributed by atoms with Crippen LogP contribution in [-0.4, -0.2) is 52.5 Å². The first-order chi connectivity index (χ1) is 7.67. The van der Waals surface area contributed by atoms with E-state index in [4.69, 9.17) is 11.7 Å². The van der Waals surface area contributed by atoms with E-state index in [0.29, 0.717) is 0 Å². The summed E-state index contributed by atoms with van der Waals surface area (Å²) in [5.41, 5.74) is 0. The standard InChI is InChI=1S/C9H10N2O5S/c1-9(2)5(8(13)14)11-6(12)4(10-3)7(11)17(9,15)16/h4-5,7H,1-2H3,(H,13,14)/t4-,5+,7-/m1/s1. The maximum absolute atomic E-state index is 12.1. The van der Waals surface area contributed by atoms with Crippen molar-refractivity contribution in [1.82, 2.24) is 4.90 Å². The Morgan fingerprint density at radius 3 is 2.47 bits per heavy atom. The molecule has 2 aliphatic heterocycles. The lowest BCUT2D eigenvalue weighted by Gasteiger charge is -2.35. The van der Waals surface area contributed by atoms with E-state index in [2.05, 4.69) is 4.85 Å². The minimum absolute atomic E-state index is 0.716. The second-order valence-electron chi connectivity index (χ2n) is 4.60. The molecule has 2 aliphatic rings. The summed E-state index contributed by atoms with van der Waals surface area (Å²) in [6, 6.07) is -2.70. The van der Waals surface area contributed by atoms with Gasteiger partial charge in [-0.15, -0.1) is 0 Å². The number of fused-ring (bicyclic) bond motifs is 1. The highest BCUT2D eigenvalue weighted by Crippen LogP contribution is 2.46. The summed E-state index contributed by atoms with van der Waals surface area (Å²) in [4.78, 5) is 26.4. The molecule has 0 spiro atoms. The van der Waals surface area contributed by atoms with Crippen molar-refractivity contribution < 1.29 is 23.1 Å². The zero-order valence-corrected chi connectivity index (χ0v) is 9.93. The van der Waals surface area contributed by atoms with Gasteiger partial charge in [-0.25, -0.2) is 19.8 Å².